The summed E-state index contributed by atoms with van der Waals surface area (Å²) in [6.07, 6.45) is 3.13. The molecule has 162 valence electrons. The fraction of sp³-hybridized carbons (Fsp3) is 0.348. The second-order valence-electron chi connectivity index (χ2n) is 7.49. The number of hydrogen-bond acceptors (Lipinski definition) is 5. The number of ether oxygens (including phenoxy) is 1. The molecule has 0 saturated heterocycles. The molecule has 0 unspecified atom stereocenters. The van der Waals surface area contributed by atoms with E-state index in [1.165, 1.54) is 12.8 Å². The highest BCUT2D eigenvalue weighted by molar-refractivity contribution is 6.30. The lowest BCUT2D eigenvalue weighted by atomic mass is 10.2. The number of rotatable bonds is 9. The molecule has 3 aromatic rings. The number of nitrogens with zero attached hydrogens (tertiary/aromatic N) is 3. The van der Waals surface area contributed by atoms with E-state index in [1.807, 2.05) is 42.5 Å². The molecular weight excluding hydrogens is 414 g/mol. The fourth-order valence-corrected chi connectivity index (χ4v) is 3.26. The minimum Gasteiger partial charge on any atom is -0.493 e. The Morgan fingerprint density at radius 1 is 1.19 bits per heavy atom. The predicted molar refractivity (Wildman–Crippen MR) is 121 cm³/mol. The molecule has 0 radical (unpaired) electrons. The summed E-state index contributed by atoms with van der Waals surface area (Å²) in [5.41, 5.74) is 1.93. The van der Waals surface area contributed by atoms with Crippen LogP contribution in [0.3, 0.4) is 0 Å². The van der Waals surface area contributed by atoms with Crippen LogP contribution in [-0.2, 0) is 13.0 Å². The van der Waals surface area contributed by atoms with Gasteiger partial charge in [-0.25, -0.2) is 0 Å². The Kier molecular flexibility index (Phi) is 7.04. The fourth-order valence-electron chi connectivity index (χ4n) is 3.07. The molecule has 1 fully saturated rings. The maximum Gasteiger partial charge on any atom is 0.228 e. The lowest BCUT2D eigenvalue weighted by molar-refractivity contribution is 0.296. The maximum atomic E-state index is 6.03. The van der Waals surface area contributed by atoms with Gasteiger partial charge in [-0.05, 0) is 37.0 Å². The summed E-state index contributed by atoms with van der Waals surface area (Å²) in [6.45, 7) is 2.03. The van der Waals surface area contributed by atoms with Gasteiger partial charge < -0.3 is 19.9 Å². The van der Waals surface area contributed by atoms with Crippen LogP contribution in [0.5, 0.6) is 5.75 Å². The van der Waals surface area contributed by atoms with Crippen LogP contribution in [0, 0.1) is 5.92 Å². The van der Waals surface area contributed by atoms with Crippen LogP contribution in [0.25, 0.3) is 11.4 Å². The van der Waals surface area contributed by atoms with Gasteiger partial charge in [0.15, 0.2) is 5.96 Å². The zero-order chi connectivity index (χ0) is 21.5. The normalized spacial score (nSPS) is 13.8. The highest BCUT2D eigenvalue weighted by Crippen LogP contribution is 2.30. The van der Waals surface area contributed by atoms with E-state index in [9.17, 15) is 0 Å². The van der Waals surface area contributed by atoms with E-state index in [-0.39, 0.29) is 0 Å². The Morgan fingerprint density at radius 2 is 2.06 bits per heavy atom. The first-order chi connectivity index (χ1) is 15.2. The third-order valence-corrected chi connectivity index (χ3v) is 5.23. The van der Waals surface area contributed by atoms with Crippen molar-refractivity contribution in [3.63, 3.8) is 0 Å². The molecule has 0 spiro atoms. The Hall–Kier alpha value is -3.06. The second kappa shape index (κ2) is 10.3. The topological polar surface area (TPSA) is 84.6 Å². The van der Waals surface area contributed by atoms with Gasteiger partial charge in [0.1, 0.15) is 5.75 Å². The van der Waals surface area contributed by atoms with Gasteiger partial charge in [-0.2, -0.15) is 4.98 Å². The van der Waals surface area contributed by atoms with E-state index in [0.29, 0.717) is 42.2 Å². The van der Waals surface area contributed by atoms with Crippen LogP contribution in [0.4, 0.5) is 0 Å². The van der Waals surface area contributed by atoms with Gasteiger partial charge in [-0.15, -0.1) is 0 Å². The summed E-state index contributed by atoms with van der Waals surface area (Å²) < 4.78 is 11.3. The minimum atomic E-state index is 0.530. The third-order valence-electron chi connectivity index (χ3n) is 5.00. The largest absolute Gasteiger partial charge is 0.493 e. The number of aliphatic imine (C=N–C) groups is 1. The first kappa shape index (κ1) is 21.2. The van der Waals surface area contributed by atoms with Crippen molar-refractivity contribution in [1.29, 1.82) is 0 Å². The summed E-state index contributed by atoms with van der Waals surface area (Å²) >= 11 is 6.03. The molecule has 0 atom stereocenters. The number of hydrogen-bond donors (Lipinski definition) is 2. The first-order valence-corrected chi connectivity index (χ1v) is 10.8. The first-order valence-electron chi connectivity index (χ1n) is 10.4. The quantitative estimate of drug-likeness (QED) is 0.386. The van der Waals surface area contributed by atoms with Crippen molar-refractivity contribution in [3.05, 3.63) is 65.0 Å². The van der Waals surface area contributed by atoms with Crippen molar-refractivity contribution >= 4 is 17.6 Å². The summed E-state index contributed by atoms with van der Waals surface area (Å²) in [7, 11) is 1.74. The molecule has 0 bridgehead atoms. The van der Waals surface area contributed by atoms with Gasteiger partial charge in [0.05, 0.1) is 6.61 Å². The van der Waals surface area contributed by atoms with Crippen molar-refractivity contribution in [2.75, 3.05) is 20.2 Å². The lowest BCUT2D eigenvalue weighted by Gasteiger charge is -2.14. The van der Waals surface area contributed by atoms with Gasteiger partial charge in [0.25, 0.3) is 0 Å². The molecule has 31 heavy (non-hydrogen) atoms. The van der Waals surface area contributed by atoms with Gasteiger partial charge >= 0.3 is 0 Å². The minimum absolute atomic E-state index is 0.530. The SMILES string of the molecule is CN=C(NCCc1nc(-c2cccc(Cl)c2)no1)NCc1ccccc1OCC1CC1. The van der Waals surface area contributed by atoms with Crippen molar-refractivity contribution in [1.82, 2.24) is 20.8 Å². The molecule has 2 N–H and O–H groups in total. The summed E-state index contributed by atoms with van der Waals surface area (Å²) in [6, 6.07) is 15.5. The van der Waals surface area contributed by atoms with Crippen molar-refractivity contribution in [2.45, 2.75) is 25.8 Å². The zero-order valence-electron chi connectivity index (χ0n) is 17.5. The standard InChI is InChI=1S/C23H26ClN5O2/c1-25-23(27-14-18-5-2-3-8-20(18)30-15-16-9-10-16)26-12-11-21-28-22(29-31-21)17-6-4-7-19(24)13-17/h2-8,13,16H,9-12,14-15H2,1H3,(H2,25,26,27). The Labute approximate surface area is 186 Å². The van der Waals surface area contributed by atoms with E-state index in [0.717, 1.165) is 29.4 Å². The maximum absolute atomic E-state index is 6.03. The van der Waals surface area contributed by atoms with Gasteiger partial charge in [0, 0.05) is 42.7 Å². The number of aromatic nitrogens is 2. The van der Waals surface area contributed by atoms with Crippen molar-refractivity contribution in [3.8, 4) is 17.1 Å². The van der Waals surface area contributed by atoms with E-state index >= 15 is 0 Å². The van der Waals surface area contributed by atoms with Gasteiger partial charge in [-0.1, -0.05) is 47.1 Å². The molecule has 1 aliphatic carbocycles. The molecule has 1 aromatic heterocycles. The number of halogens is 1. The molecule has 2 aromatic carbocycles. The molecule has 4 rings (SSSR count). The Balaban J connectivity index is 1.25. The van der Waals surface area contributed by atoms with Crippen LogP contribution < -0.4 is 15.4 Å². The number of guanidine groups is 1. The summed E-state index contributed by atoms with van der Waals surface area (Å²) in [4.78, 5) is 8.72. The number of benzene rings is 2. The average Bonchev–Trinajstić information content (AvgIpc) is 3.50. The number of nitrogens with one attached hydrogen (secondary N) is 2. The molecule has 1 saturated carbocycles. The smallest absolute Gasteiger partial charge is 0.228 e. The molecule has 7 nitrogen and oxygen atoms in total. The average molecular weight is 440 g/mol. The molecule has 1 aliphatic rings. The Bertz CT molecular complexity index is 1030. The highest BCUT2D eigenvalue weighted by Gasteiger charge is 2.22. The van der Waals surface area contributed by atoms with Gasteiger partial charge in [-0.3, -0.25) is 4.99 Å². The lowest BCUT2D eigenvalue weighted by Crippen LogP contribution is -2.38. The van der Waals surface area contributed by atoms with E-state index in [2.05, 4.69) is 31.8 Å². The highest BCUT2D eigenvalue weighted by atomic mass is 35.5. The van der Waals surface area contributed by atoms with Crippen LogP contribution >= 0.6 is 11.6 Å². The molecular formula is C23H26ClN5O2. The molecule has 0 aliphatic heterocycles. The monoisotopic (exact) mass is 439 g/mol. The molecule has 0 amide bonds. The van der Waals surface area contributed by atoms with Crippen LogP contribution in [0.2, 0.25) is 5.02 Å². The predicted octanol–water partition coefficient (Wildman–Crippen LogP) is 4.09. The van der Waals surface area contributed by atoms with Crippen LogP contribution in [-0.4, -0.2) is 36.3 Å². The molecule has 1 heterocycles. The Morgan fingerprint density at radius 3 is 2.87 bits per heavy atom. The van der Waals surface area contributed by atoms with Crippen molar-refractivity contribution < 1.29 is 9.26 Å². The van der Waals surface area contributed by atoms with E-state index < -0.39 is 0 Å². The van der Waals surface area contributed by atoms with E-state index in [4.69, 9.17) is 20.9 Å². The zero-order valence-corrected chi connectivity index (χ0v) is 18.2. The number of para-hydroxylation sites is 1. The van der Waals surface area contributed by atoms with Crippen molar-refractivity contribution in [2.24, 2.45) is 10.9 Å². The summed E-state index contributed by atoms with van der Waals surface area (Å²) in [5, 5.41) is 11.3. The van der Waals surface area contributed by atoms with Crippen LogP contribution in [0.15, 0.2) is 58.0 Å². The second-order valence-corrected chi connectivity index (χ2v) is 7.92. The summed E-state index contributed by atoms with van der Waals surface area (Å²) in [5.74, 6) is 3.43. The van der Waals surface area contributed by atoms with Gasteiger partial charge in [0.2, 0.25) is 11.7 Å². The van der Waals surface area contributed by atoms with E-state index in [1.54, 1.807) is 7.05 Å². The third kappa shape index (κ3) is 6.21. The van der Waals surface area contributed by atoms with Crippen LogP contribution in [0.1, 0.15) is 24.3 Å². The molecule has 8 heteroatoms.